The number of aromatic nitrogens is 3. The summed E-state index contributed by atoms with van der Waals surface area (Å²) in [6.07, 6.45) is 2.60. The van der Waals surface area contributed by atoms with Crippen molar-refractivity contribution < 1.29 is 13.6 Å². The molecule has 0 saturated heterocycles. The molecule has 128 valence electrons. The third-order valence-electron chi connectivity index (χ3n) is 4.37. The van der Waals surface area contributed by atoms with Gasteiger partial charge in [0.1, 0.15) is 23.7 Å². The lowest BCUT2D eigenvalue weighted by Gasteiger charge is -2.27. The highest BCUT2D eigenvalue weighted by molar-refractivity contribution is 5.76. The fraction of sp³-hybridized carbons (Fsp3) is 0.278. The van der Waals surface area contributed by atoms with E-state index in [1.165, 1.54) is 12.1 Å². The van der Waals surface area contributed by atoms with E-state index in [1.807, 2.05) is 16.7 Å². The molecule has 0 atom stereocenters. The number of benzene rings is 1. The highest BCUT2D eigenvalue weighted by atomic mass is 19.1. The summed E-state index contributed by atoms with van der Waals surface area (Å²) in [4.78, 5) is 14.2. The second kappa shape index (κ2) is 6.51. The smallest absolute Gasteiger partial charge is 0.223 e. The summed E-state index contributed by atoms with van der Waals surface area (Å²) in [5.41, 5.74) is 0.814. The third kappa shape index (κ3) is 3.31. The molecule has 1 aliphatic heterocycles. The quantitative estimate of drug-likeness (QED) is 0.732. The molecule has 0 fully saturated rings. The molecule has 4 rings (SSSR count). The van der Waals surface area contributed by atoms with Crippen molar-refractivity contribution in [3.05, 3.63) is 60.1 Å². The number of fused-ring (bicyclic) bond motifs is 1. The first-order valence-corrected chi connectivity index (χ1v) is 8.18. The van der Waals surface area contributed by atoms with Crippen LogP contribution >= 0.6 is 0 Å². The molecule has 0 N–H and O–H groups in total. The van der Waals surface area contributed by atoms with Crippen molar-refractivity contribution in [3.8, 4) is 11.3 Å². The number of aryl methyl sites for hydroxylation is 1. The number of hydrogen-bond donors (Lipinski definition) is 0. The molecule has 2 aromatic heterocycles. The fourth-order valence-electron chi connectivity index (χ4n) is 2.95. The minimum atomic E-state index is -0.279. The molecule has 0 radical (unpaired) electrons. The van der Waals surface area contributed by atoms with Crippen molar-refractivity contribution in [2.24, 2.45) is 0 Å². The molecule has 7 heteroatoms. The van der Waals surface area contributed by atoms with Crippen LogP contribution in [0.3, 0.4) is 0 Å². The van der Waals surface area contributed by atoms with Crippen LogP contribution < -0.4 is 0 Å². The average Bonchev–Trinajstić information content (AvgIpc) is 3.29. The number of furan rings is 1. The molecular weight excluding hydrogens is 323 g/mol. The molecule has 6 nitrogen and oxygen atoms in total. The van der Waals surface area contributed by atoms with Gasteiger partial charge in [0, 0.05) is 31.5 Å². The molecule has 3 heterocycles. The van der Waals surface area contributed by atoms with Crippen molar-refractivity contribution >= 4 is 5.91 Å². The monoisotopic (exact) mass is 340 g/mol. The zero-order valence-corrected chi connectivity index (χ0v) is 13.6. The number of nitrogens with zero attached hydrogens (tertiary/aromatic N) is 4. The van der Waals surface area contributed by atoms with Gasteiger partial charge in [0.15, 0.2) is 5.82 Å². The highest BCUT2D eigenvalue weighted by Gasteiger charge is 2.21. The van der Waals surface area contributed by atoms with Crippen LogP contribution in [-0.4, -0.2) is 32.1 Å². The van der Waals surface area contributed by atoms with Crippen LogP contribution in [0, 0.1) is 5.82 Å². The van der Waals surface area contributed by atoms with E-state index >= 15 is 0 Å². The van der Waals surface area contributed by atoms with E-state index in [0.717, 1.165) is 23.7 Å². The lowest BCUT2D eigenvalue weighted by Crippen LogP contribution is -2.38. The van der Waals surface area contributed by atoms with Gasteiger partial charge in [-0.3, -0.25) is 4.79 Å². The summed E-state index contributed by atoms with van der Waals surface area (Å²) >= 11 is 0. The first-order chi connectivity index (χ1) is 12.2. The van der Waals surface area contributed by atoms with E-state index in [4.69, 9.17) is 4.42 Å². The van der Waals surface area contributed by atoms with Crippen LogP contribution in [0.2, 0.25) is 0 Å². The van der Waals surface area contributed by atoms with Gasteiger partial charge >= 0.3 is 0 Å². The molecular formula is C18H17FN4O2. The molecule has 3 aromatic rings. The van der Waals surface area contributed by atoms with Crippen LogP contribution in [0.1, 0.15) is 18.0 Å². The van der Waals surface area contributed by atoms with Crippen LogP contribution in [0.15, 0.2) is 47.1 Å². The number of rotatable bonds is 4. The second-order valence-electron chi connectivity index (χ2n) is 6.03. The number of carbonyl (C=O) groups is 1. The Kier molecular flexibility index (Phi) is 4.05. The SMILES string of the molecule is O=C(CCc1ccc(-c2ccc(F)cc2)o1)N1CCn2cnnc2C1. The van der Waals surface area contributed by atoms with E-state index in [0.29, 0.717) is 31.7 Å². The molecule has 1 aliphatic rings. The lowest BCUT2D eigenvalue weighted by atomic mass is 10.2. The molecule has 1 aromatic carbocycles. The third-order valence-corrected chi connectivity index (χ3v) is 4.37. The lowest BCUT2D eigenvalue weighted by molar-refractivity contribution is -0.132. The van der Waals surface area contributed by atoms with E-state index < -0.39 is 0 Å². The van der Waals surface area contributed by atoms with Gasteiger partial charge in [-0.05, 0) is 36.4 Å². The predicted octanol–water partition coefficient (Wildman–Crippen LogP) is 2.65. The van der Waals surface area contributed by atoms with E-state index in [1.54, 1.807) is 23.4 Å². The molecule has 0 aliphatic carbocycles. The summed E-state index contributed by atoms with van der Waals surface area (Å²) in [7, 11) is 0. The van der Waals surface area contributed by atoms with Gasteiger partial charge in [-0.2, -0.15) is 0 Å². The minimum absolute atomic E-state index is 0.0778. The van der Waals surface area contributed by atoms with Crippen LogP contribution in [0.25, 0.3) is 11.3 Å². The maximum atomic E-state index is 13.0. The van der Waals surface area contributed by atoms with Gasteiger partial charge in [-0.1, -0.05) is 0 Å². The number of carbonyl (C=O) groups excluding carboxylic acids is 1. The Hall–Kier alpha value is -2.96. The Morgan fingerprint density at radius 2 is 2.00 bits per heavy atom. The molecule has 0 unspecified atom stereocenters. The van der Waals surface area contributed by atoms with Crippen molar-refractivity contribution in [2.45, 2.75) is 25.9 Å². The highest BCUT2D eigenvalue weighted by Crippen LogP contribution is 2.23. The molecule has 0 saturated carbocycles. The largest absolute Gasteiger partial charge is 0.461 e. The van der Waals surface area contributed by atoms with E-state index in [2.05, 4.69) is 10.2 Å². The second-order valence-corrected chi connectivity index (χ2v) is 6.03. The Labute approximate surface area is 143 Å². The van der Waals surface area contributed by atoms with Gasteiger partial charge in [0.05, 0.1) is 6.54 Å². The van der Waals surface area contributed by atoms with Crippen LogP contribution in [0.5, 0.6) is 0 Å². The normalized spacial score (nSPS) is 13.7. The van der Waals surface area contributed by atoms with Gasteiger partial charge in [-0.15, -0.1) is 10.2 Å². The van der Waals surface area contributed by atoms with Crippen LogP contribution in [0.4, 0.5) is 4.39 Å². The Bertz CT molecular complexity index is 885. The van der Waals surface area contributed by atoms with Gasteiger partial charge in [-0.25, -0.2) is 4.39 Å². The summed E-state index contributed by atoms with van der Waals surface area (Å²) < 4.78 is 20.7. The maximum absolute atomic E-state index is 13.0. The van der Waals surface area contributed by atoms with E-state index in [9.17, 15) is 9.18 Å². The first kappa shape index (κ1) is 15.6. The number of amides is 1. The van der Waals surface area contributed by atoms with Crippen LogP contribution in [-0.2, 0) is 24.3 Å². The summed E-state index contributed by atoms with van der Waals surface area (Å²) in [5, 5.41) is 7.89. The number of halogens is 1. The minimum Gasteiger partial charge on any atom is -0.461 e. The van der Waals surface area contributed by atoms with Crippen molar-refractivity contribution in [1.29, 1.82) is 0 Å². The molecule has 25 heavy (non-hydrogen) atoms. The number of hydrogen-bond acceptors (Lipinski definition) is 4. The predicted molar refractivity (Wildman–Crippen MR) is 87.9 cm³/mol. The van der Waals surface area contributed by atoms with Crippen molar-refractivity contribution in [1.82, 2.24) is 19.7 Å². The molecule has 1 amide bonds. The van der Waals surface area contributed by atoms with Crippen molar-refractivity contribution in [2.75, 3.05) is 6.54 Å². The average molecular weight is 340 g/mol. The molecule has 0 bridgehead atoms. The van der Waals surface area contributed by atoms with Gasteiger partial charge < -0.3 is 13.9 Å². The summed E-state index contributed by atoms with van der Waals surface area (Å²) in [6, 6.07) is 9.85. The topological polar surface area (TPSA) is 64.2 Å². The zero-order valence-electron chi connectivity index (χ0n) is 13.6. The van der Waals surface area contributed by atoms with Gasteiger partial charge in [0.2, 0.25) is 5.91 Å². The Morgan fingerprint density at radius 3 is 2.84 bits per heavy atom. The van der Waals surface area contributed by atoms with Gasteiger partial charge in [0.25, 0.3) is 0 Å². The standard InChI is InChI=1S/C18H17FN4O2/c19-14-3-1-13(2-4-14)16-7-5-15(25-16)6-8-18(24)22-9-10-23-12-20-21-17(23)11-22/h1-5,7,12H,6,8-11H2. The Balaban J connectivity index is 1.36. The Morgan fingerprint density at radius 1 is 1.16 bits per heavy atom. The first-order valence-electron chi connectivity index (χ1n) is 8.18. The summed E-state index contributed by atoms with van der Waals surface area (Å²) in [5.74, 6) is 2.03. The summed E-state index contributed by atoms with van der Waals surface area (Å²) in [6.45, 7) is 1.89. The van der Waals surface area contributed by atoms with Crippen molar-refractivity contribution in [3.63, 3.8) is 0 Å². The van der Waals surface area contributed by atoms with E-state index in [-0.39, 0.29) is 11.7 Å². The molecule has 0 spiro atoms. The maximum Gasteiger partial charge on any atom is 0.223 e. The zero-order chi connectivity index (χ0) is 17.2. The fourth-order valence-corrected chi connectivity index (χ4v) is 2.95.